The van der Waals surface area contributed by atoms with Crippen LogP contribution in [-0.4, -0.2) is 35.0 Å². The van der Waals surface area contributed by atoms with Gasteiger partial charge in [-0.25, -0.2) is 18.1 Å². The maximum atomic E-state index is 12.7. The van der Waals surface area contributed by atoms with Crippen LogP contribution in [0, 0.1) is 17.0 Å². The van der Waals surface area contributed by atoms with Gasteiger partial charge in [-0.05, 0) is 54.7 Å². The Bertz CT molecular complexity index is 1510. The van der Waals surface area contributed by atoms with E-state index in [2.05, 4.69) is 14.7 Å². The second-order valence-corrected chi connectivity index (χ2v) is 10.9. The quantitative estimate of drug-likeness (QED) is 0.148. The molecule has 3 aromatic carbocycles. The molecule has 2 N–H and O–H groups in total. The van der Waals surface area contributed by atoms with E-state index in [0.717, 1.165) is 29.4 Å². The van der Waals surface area contributed by atoms with Crippen molar-refractivity contribution in [1.29, 1.82) is 0 Å². The summed E-state index contributed by atoms with van der Waals surface area (Å²) in [6.45, 7) is 3.77. The van der Waals surface area contributed by atoms with E-state index in [0.29, 0.717) is 17.5 Å². The summed E-state index contributed by atoms with van der Waals surface area (Å²) in [5, 5.41) is 11.1. The van der Waals surface area contributed by atoms with Crippen LogP contribution < -0.4 is 4.72 Å². The summed E-state index contributed by atoms with van der Waals surface area (Å²) >= 11 is 6.18. The summed E-state index contributed by atoms with van der Waals surface area (Å²) in [5.74, 6) is -0.805. The maximum Gasteiger partial charge on any atom is 0.270 e. The molecule has 4 aromatic rings. The zero-order valence-electron chi connectivity index (χ0n) is 21.1. The lowest BCUT2D eigenvalue weighted by Crippen LogP contribution is -2.33. The number of imidazole rings is 1. The van der Waals surface area contributed by atoms with Crippen molar-refractivity contribution in [1.82, 2.24) is 14.7 Å². The van der Waals surface area contributed by atoms with E-state index in [4.69, 9.17) is 11.6 Å². The van der Waals surface area contributed by atoms with Crippen molar-refractivity contribution in [2.75, 3.05) is 5.75 Å². The number of nitro benzene ring substituents is 1. The van der Waals surface area contributed by atoms with Gasteiger partial charge in [-0.2, -0.15) is 0 Å². The van der Waals surface area contributed by atoms with Gasteiger partial charge < -0.3 is 4.98 Å². The molecule has 38 heavy (non-hydrogen) atoms. The molecule has 11 heteroatoms. The third-order valence-corrected chi connectivity index (χ3v) is 7.54. The number of hydrogen-bond acceptors (Lipinski definition) is 6. The number of benzene rings is 3. The zero-order valence-corrected chi connectivity index (χ0v) is 22.7. The summed E-state index contributed by atoms with van der Waals surface area (Å²) < 4.78 is 26.5. The van der Waals surface area contributed by atoms with Crippen molar-refractivity contribution in [2.24, 2.45) is 0 Å². The molecule has 0 aliphatic rings. The highest BCUT2D eigenvalue weighted by Crippen LogP contribution is 2.27. The van der Waals surface area contributed by atoms with Crippen LogP contribution in [0.25, 0.3) is 11.0 Å². The minimum Gasteiger partial charge on any atom is -0.345 e. The Hall–Kier alpha value is -3.76. The molecule has 1 amide bonds. The summed E-state index contributed by atoms with van der Waals surface area (Å²) in [7, 11) is -3.73. The Kier molecular flexibility index (Phi) is 9.98. The van der Waals surface area contributed by atoms with Crippen molar-refractivity contribution >= 4 is 44.3 Å². The van der Waals surface area contributed by atoms with Crippen molar-refractivity contribution in [3.63, 3.8) is 0 Å². The van der Waals surface area contributed by atoms with Gasteiger partial charge in [-0.1, -0.05) is 61.7 Å². The van der Waals surface area contributed by atoms with E-state index in [1.165, 1.54) is 18.2 Å². The molecular weight excluding hydrogens is 528 g/mol. The number of rotatable bonds is 9. The number of aryl methyl sites for hydroxylation is 1. The molecule has 0 saturated carbocycles. The number of H-pyrrole nitrogens is 1. The second kappa shape index (κ2) is 13.2. The van der Waals surface area contributed by atoms with Gasteiger partial charge in [-0.15, -0.1) is 0 Å². The van der Waals surface area contributed by atoms with Crippen LogP contribution in [0.1, 0.15) is 53.2 Å². The van der Waals surface area contributed by atoms with E-state index in [-0.39, 0.29) is 28.4 Å². The topological polar surface area (TPSA) is 135 Å². The number of nitrogens with zero attached hydrogens (tertiary/aromatic N) is 2. The van der Waals surface area contributed by atoms with Crippen LogP contribution in [0.4, 0.5) is 5.69 Å². The molecular formula is C27H29ClN4O5S. The molecule has 1 aromatic heterocycles. The van der Waals surface area contributed by atoms with Crippen molar-refractivity contribution in [3.8, 4) is 0 Å². The molecule has 4 rings (SSSR count). The van der Waals surface area contributed by atoms with Crippen LogP contribution in [0.5, 0.6) is 0 Å². The predicted molar refractivity (Wildman–Crippen MR) is 149 cm³/mol. The smallest absolute Gasteiger partial charge is 0.270 e. The van der Waals surface area contributed by atoms with Crippen molar-refractivity contribution in [3.05, 3.63) is 104 Å². The number of non-ortho nitro benzene ring substituents is 1. The SMILES string of the molecule is CCCCCS(=O)(=O)NC(=O)c1cccc(C)c1Cc1ccc([N+](=O)[O-])cc1Cl.c1ccc2[nH]cnc2c1. The Morgan fingerprint density at radius 1 is 1.11 bits per heavy atom. The number of halogens is 1. The molecule has 0 radical (unpaired) electrons. The average molecular weight is 557 g/mol. The minimum atomic E-state index is -3.73. The fraction of sp³-hybridized carbons (Fsp3) is 0.259. The number of aromatic amines is 1. The molecule has 200 valence electrons. The van der Waals surface area contributed by atoms with Gasteiger partial charge in [0.2, 0.25) is 10.0 Å². The molecule has 0 fully saturated rings. The first-order valence-corrected chi connectivity index (χ1v) is 14.1. The van der Waals surface area contributed by atoms with E-state index in [9.17, 15) is 23.3 Å². The monoisotopic (exact) mass is 556 g/mol. The largest absolute Gasteiger partial charge is 0.345 e. The van der Waals surface area contributed by atoms with Crippen LogP contribution in [0.15, 0.2) is 67.0 Å². The van der Waals surface area contributed by atoms with Crippen molar-refractivity contribution < 1.29 is 18.1 Å². The molecule has 0 spiro atoms. The Balaban J connectivity index is 0.000000368. The summed E-state index contributed by atoms with van der Waals surface area (Å²) in [6.07, 6.45) is 4.07. The minimum absolute atomic E-state index is 0.109. The van der Waals surface area contributed by atoms with Gasteiger partial charge in [0.1, 0.15) is 0 Å². The van der Waals surface area contributed by atoms with E-state index < -0.39 is 20.9 Å². The fourth-order valence-electron chi connectivity index (χ4n) is 3.80. The highest BCUT2D eigenvalue weighted by molar-refractivity contribution is 7.90. The Labute approximate surface area is 226 Å². The number of sulfonamides is 1. The molecule has 0 atom stereocenters. The highest BCUT2D eigenvalue weighted by atomic mass is 35.5. The standard InChI is InChI=1S/C20H23ClN2O5S.C7H6N2/c1-3-4-5-11-29(27,28)22-20(24)17-8-6-7-14(2)18(17)12-15-9-10-16(23(25)26)13-19(15)21;1-2-4-7-6(3-1)8-5-9-7/h6-10,13H,3-5,11-12H2,1-2H3,(H,22,24);1-5H,(H,8,9). The van der Waals surface area contributed by atoms with Gasteiger partial charge in [0, 0.05) is 17.7 Å². The fourth-order valence-corrected chi connectivity index (χ4v) is 5.12. The number of nitrogens with one attached hydrogen (secondary N) is 2. The molecule has 1 heterocycles. The summed E-state index contributed by atoms with van der Waals surface area (Å²) in [6, 6.07) is 17.1. The third-order valence-electron chi connectivity index (χ3n) is 5.86. The number of amides is 1. The Morgan fingerprint density at radius 2 is 1.87 bits per heavy atom. The zero-order chi connectivity index (χ0) is 27.7. The lowest BCUT2D eigenvalue weighted by atomic mass is 9.95. The highest BCUT2D eigenvalue weighted by Gasteiger charge is 2.20. The normalized spacial score (nSPS) is 11.0. The third kappa shape index (κ3) is 7.87. The molecule has 0 saturated heterocycles. The average Bonchev–Trinajstić information content (AvgIpc) is 3.35. The van der Waals surface area contributed by atoms with E-state index >= 15 is 0 Å². The van der Waals surface area contributed by atoms with Gasteiger partial charge in [0.15, 0.2) is 0 Å². The number of aromatic nitrogens is 2. The number of unbranched alkanes of at least 4 members (excludes halogenated alkanes) is 2. The molecule has 0 unspecified atom stereocenters. The van der Waals surface area contributed by atoms with E-state index in [1.54, 1.807) is 31.5 Å². The van der Waals surface area contributed by atoms with Gasteiger partial charge in [-0.3, -0.25) is 14.9 Å². The first-order valence-electron chi connectivity index (χ1n) is 12.1. The summed E-state index contributed by atoms with van der Waals surface area (Å²) in [4.78, 5) is 30.1. The molecule has 0 bridgehead atoms. The molecule has 9 nitrogen and oxygen atoms in total. The summed E-state index contributed by atoms with van der Waals surface area (Å²) in [5.41, 5.74) is 4.24. The van der Waals surface area contributed by atoms with Crippen molar-refractivity contribution in [2.45, 2.75) is 39.5 Å². The van der Waals surface area contributed by atoms with Crippen LogP contribution in [0.3, 0.4) is 0 Å². The molecule has 0 aliphatic heterocycles. The lowest BCUT2D eigenvalue weighted by molar-refractivity contribution is -0.384. The van der Waals surface area contributed by atoms with Gasteiger partial charge >= 0.3 is 0 Å². The maximum absolute atomic E-state index is 12.7. The Morgan fingerprint density at radius 3 is 2.55 bits per heavy atom. The first kappa shape index (κ1) is 28.8. The van der Waals surface area contributed by atoms with E-state index in [1.807, 2.05) is 31.2 Å². The number of nitro groups is 1. The lowest BCUT2D eigenvalue weighted by Gasteiger charge is -2.14. The number of carbonyl (C=O) groups is 1. The van der Waals surface area contributed by atoms with Gasteiger partial charge in [0.05, 0.1) is 33.1 Å². The van der Waals surface area contributed by atoms with Crippen LogP contribution in [0.2, 0.25) is 5.02 Å². The molecule has 0 aliphatic carbocycles. The number of fused-ring (bicyclic) bond motifs is 1. The number of para-hydroxylation sites is 2. The number of carbonyl (C=O) groups excluding carboxylic acids is 1. The number of hydrogen-bond donors (Lipinski definition) is 2. The van der Waals surface area contributed by atoms with Crippen LogP contribution >= 0.6 is 11.6 Å². The van der Waals surface area contributed by atoms with Gasteiger partial charge in [0.25, 0.3) is 11.6 Å². The first-order chi connectivity index (χ1) is 18.1. The second-order valence-electron chi connectivity index (χ2n) is 8.69. The van der Waals surface area contributed by atoms with Crippen LogP contribution in [-0.2, 0) is 16.4 Å². The predicted octanol–water partition coefficient (Wildman–Crippen LogP) is 5.96.